The van der Waals surface area contributed by atoms with E-state index in [1.807, 2.05) is 48.9 Å². The second kappa shape index (κ2) is 5.92. The molecule has 3 heterocycles. The Morgan fingerprint density at radius 1 is 1.09 bits per heavy atom. The summed E-state index contributed by atoms with van der Waals surface area (Å²) in [7, 11) is 0. The van der Waals surface area contributed by atoms with Gasteiger partial charge in [0.2, 0.25) is 0 Å². The Morgan fingerprint density at radius 2 is 2.04 bits per heavy atom. The first-order chi connectivity index (χ1) is 11.4. The highest BCUT2D eigenvalue weighted by atomic mass is 15.0. The Kier molecular flexibility index (Phi) is 3.48. The van der Waals surface area contributed by atoms with Gasteiger partial charge < -0.3 is 15.3 Å². The molecule has 0 fully saturated rings. The monoisotopic (exact) mass is 304 g/mol. The minimum absolute atomic E-state index is 0.717. The number of para-hydroxylation sites is 1. The van der Waals surface area contributed by atoms with Crippen LogP contribution in [0.1, 0.15) is 5.69 Å². The van der Waals surface area contributed by atoms with Crippen LogP contribution in [-0.2, 0) is 6.42 Å². The number of imidazole rings is 1. The lowest BCUT2D eigenvalue weighted by Gasteiger charge is -2.10. The van der Waals surface area contributed by atoms with Gasteiger partial charge in [-0.3, -0.25) is 0 Å². The van der Waals surface area contributed by atoms with E-state index in [0.717, 1.165) is 40.9 Å². The number of anilines is 1. The number of aromatic amines is 2. The molecule has 4 rings (SSSR count). The van der Waals surface area contributed by atoms with Crippen molar-refractivity contribution in [3.63, 3.8) is 0 Å². The number of benzene rings is 1. The van der Waals surface area contributed by atoms with Gasteiger partial charge in [0.05, 0.1) is 11.8 Å². The molecule has 0 bridgehead atoms. The Bertz CT molecular complexity index is 896. The van der Waals surface area contributed by atoms with Gasteiger partial charge in [-0.25, -0.2) is 15.0 Å². The number of fused-ring (bicyclic) bond motifs is 1. The second-order valence-corrected chi connectivity index (χ2v) is 5.27. The molecular formula is C17H16N6. The van der Waals surface area contributed by atoms with Crippen molar-refractivity contribution in [3.05, 3.63) is 60.9 Å². The maximum atomic E-state index is 4.69. The van der Waals surface area contributed by atoms with Crippen LogP contribution < -0.4 is 5.32 Å². The highest BCUT2D eigenvalue weighted by molar-refractivity contribution is 5.90. The predicted molar refractivity (Wildman–Crippen MR) is 90.1 cm³/mol. The van der Waals surface area contributed by atoms with Crippen LogP contribution >= 0.6 is 0 Å². The molecule has 23 heavy (non-hydrogen) atoms. The average molecular weight is 304 g/mol. The third kappa shape index (κ3) is 2.78. The van der Waals surface area contributed by atoms with E-state index in [0.29, 0.717) is 5.82 Å². The molecule has 0 atom stereocenters. The third-order valence-corrected chi connectivity index (χ3v) is 3.70. The SMILES string of the molecule is c1ccc2c(NCCc3cnc[nH]3)nc(-c3cc[nH]c3)nc2c1. The third-order valence-electron chi connectivity index (χ3n) is 3.70. The van der Waals surface area contributed by atoms with Gasteiger partial charge in [-0.2, -0.15) is 0 Å². The van der Waals surface area contributed by atoms with Crippen LogP contribution in [-0.4, -0.2) is 31.5 Å². The summed E-state index contributed by atoms with van der Waals surface area (Å²) in [4.78, 5) is 19.5. The van der Waals surface area contributed by atoms with Crippen molar-refractivity contribution < 1.29 is 0 Å². The molecule has 0 radical (unpaired) electrons. The van der Waals surface area contributed by atoms with Gasteiger partial charge in [-0.05, 0) is 18.2 Å². The molecule has 0 aliphatic rings. The minimum atomic E-state index is 0.717. The molecule has 114 valence electrons. The van der Waals surface area contributed by atoms with Gasteiger partial charge in [0.15, 0.2) is 5.82 Å². The molecule has 0 saturated heterocycles. The first kappa shape index (κ1) is 13.5. The quantitative estimate of drug-likeness (QED) is 0.529. The summed E-state index contributed by atoms with van der Waals surface area (Å²) in [5.41, 5.74) is 3.01. The van der Waals surface area contributed by atoms with Crippen molar-refractivity contribution >= 4 is 16.7 Å². The van der Waals surface area contributed by atoms with Crippen LogP contribution in [0.15, 0.2) is 55.2 Å². The van der Waals surface area contributed by atoms with Gasteiger partial charge in [-0.15, -0.1) is 0 Å². The summed E-state index contributed by atoms with van der Waals surface area (Å²) in [5, 5.41) is 4.44. The smallest absolute Gasteiger partial charge is 0.163 e. The van der Waals surface area contributed by atoms with Gasteiger partial charge in [0.1, 0.15) is 5.82 Å². The van der Waals surface area contributed by atoms with Crippen molar-refractivity contribution in [1.29, 1.82) is 0 Å². The molecule has 1 aromatic carbocycles. The van der Waals surface area contributed by atoms with E-state index in [4.69, 9.17) is 4.98 Å². The highest BCUT2D eigenvalue weighted by Gasteiger charge is 2.09. The molecular weight excluding hydrogens is 288 g/mol. The lowest BCUT2D eigenvalue weighted by atomic mass is 10.2. The van der Waals surface area contributed by atoms with Crippen molar-refractivity contribution in [2.75, 3.05) is 11.9 Å². The normalized spacial score (nSPS) is 11.0. The zero-order valence-electron chi connectivity index (χ0n) is 12.5. The Balaban J connectivity index is 1.66. The minimum Gasteiger partial charge on any atom is -0.369 e. The van der Waals surface area contributed by atoms with Crippen LogP contribution in [0.2, 0.25) is 0 Å². The number of rotatable bonds is 5. The Labute approximate surface area is 133 Å². The molecule has 0 amide bonds. The Hall–Kier alpha value is -3.15. The molecule has 0 aliphatic heterocycles. The standard InChI is InChI=1S/C17H16N6/c1-2-4-15-14(3-1)17(20-8-6-13-10-19-11-21-13)23-16(22-15)12-5-7-18-9-12/h1-5,7,9-11,18H,6,8H2,(H,19,21)(H,20,22,23). The zero-order chi connectivity index (χ0) is 15.5. The van der Waals surface area contributed by atoms with E-state index in [-0.39, 0.29) is 0 Å². The Morgan fingerprint density at radius 3 is 2.87 bits per heavy atom. The van der Waals surface area contributed by atoms with Crippen molar-refractivity contribution in [2.45, 2.75) is 6.42 Å². The average Bonchev–Trinajstić information content (AvgIpc) is 3.28. The maximum Gasteiger partial charge on any atom is 0.163 e. The van der Waals surface area contributed by atoms with Crippen LogP contribution in [0.25, 0.3) is 22.3 Å². The zero-order valence-corrected chi connectivity index (χ0v) is 12.5. The first-order valence-corrected chi connectivity index (χ1v) is 7.51. The number of nitrogens with one attached hydrogen (secondary N) is 3. The van der Waals surface area contributed by atoms with Gasteiger partial charge in [0, 0.05) is 48.2 Å². The fourth-order valence-electron chi connectivity index (χ4n) is 2.54. The van der Waals surface area contributed by atoms with Crippen LogP contribution in [0.5, 0.6) is 0 Å². The van der Waals surface area contributed by atoms with Gasteiger partial charge >= 0.3 is 0 Å². The summed E-state index contributed by atoms with van der Waals surface area (Å²) in [6.07, 6.45) is 8.17. The van der Waals surface area contributed by atoms with Crippen molar-refractivity contribution in [3.8, 4) is 11.4 Å². The lowest BCUT2D eigenvalue weighted by molar-refractivity contribution is 0.969. The summed E-state index contributed by atoms with van der Waals surface area (Å²) >= 11 is 0. The van der Waals surface area contributed by atoms with E-state index < -0.39 is 0 Å². The summed E-state index contributed by atoms with van der Waals surface area (Å²) < 4.78 is 0. The number of hydrogen-bond donors (Lipinski definition) is 3. The molecule has 0 spiro atoms. The number of hydrogen-bond acceptors (Lipinski definition) is 4. The topological polar surface area (TPSA) is 82.3 Å². The van der Waals surface area contributed by atoms with E-state index in [9.17, 15) is 0 Å². The van der Waals surface area contributed by atoms with Crippen molar-refractivity contribution in [2.24, 2.45) is 0 Å². The summed E-state index contributed by atoms with van der Waals surface area (Å²) in [6.45, 7) is 0.774. The molecule has 4 aromatic rings. The largest absolute Gasteiger partial charge is 0.369 e. The van der Waals surface area contributed by atoms with E-state index in [2.05, 4.69) is 25.3 Å². The molecule has 6 heteroatoms. The predicted octanol–water partition coefficient (Wildman–Crippen LogP) is 3.00. The second-order valence-electron chi connectivity index (χ2n) is 5.27. The highest BCUT2D eigenvalue weighted by Crippen LogP contribution is 2.24. The molecule has 3 N–H and O–H groups in total. The molecule has 3 aromatic heterocycles. The first-order valence-electron chi connectivity index (χ1n) is 7.51. The fraction of sp³-hybridized carbons (Fsp3) is 0.118. The molecule has 0 unspecified atom stereocenters. The van der Waals surface area contributed by atoms with Gasteiger partial charge in [-0.1, -0.05) is 12.1 Å². The number of aromatic nitrogens is 5. The van der Waals surface area contributed by atoms with E-state index in [1.165, 1.54) is 0 Å². The summed E-state index contributed by atoms with van der Waals surface area (Å²) in [6, 6.07) is 10.0. The molecule has 0 saturated carbocycles. The fourth-order valence-corrected chi connectivity index (χ4v) is 2.54. The lowest BCUT2D eigenvalue weighted by Crippen LogP contribution is -2.08. The number of nitrogens with zero attached hydrogens (tertiary/aromatic N) is 3. The maximum absolute atomic E-state index is 4.69. The van der Waals surface area contributed by atoms with Crippen LogP contribution in [0.4, 0.5) is 5.82 Å². The summed E-state index contributed by atoms with van der Waals surface area (Å²) in [5.74, 6) is 1.57. The van der Waals surface area contributed by atoms with Gasteiger partial charge in [0.25, 0.3) is 0 Å². The van der Waals surface area contributed by atoms with Crippen LogP contribution in [0, 0.1) is 0 Å². The molecule has 0 aliphatic carbocycles. The van der Waals surface area contributed by atoms with Crippen molar-refractivity contribution in [1.82, 2.24) is 24.9 Å². The molecule has 6 nitrogen and oxygen atoms in total. The van der Waals surface area contributed by atoms with E-state index >= 15 is 0 Å². The number of H-pyrrole nitrogens is 2. The van der Waals surface area contributed by atoms with Crippen LogP contribution in [0.3, 0.4) is 0 Å². The van der Waals surface area contributed by atoms with E-state index in [1.54, 1.807) is 6.33 Å².